The number of likely N-dealkylation sites (tertiary alicyclic amines) is 1. The van der Waals surface area contributed by atoms with Crippen LogP contribution in [0, 0.1) is 0 Å². The fourth-order valence-corrected chi connectivity index (χ4v) is 4.65. The molecule has 146 valence electrons. The fourth-order valence-electron chi connectivity index (χ4n) is 4.48. The number of amides is 2. The maximum Gasteiger partial charge on any atom is 0.320 e. The summed E-state index contributed by atoms with van der Waals surface area (Å²) in [4.78, 5) is 22.3. The largest absolute Gasteiger partial charge is 0.361 e. The Morgan fingerprint density at radius 3 is 2.63 bits per heavy atom. The maximum atomic E-state index is 12.4. The number of hydrogen-bond acceptors (Lipinski definition) is 2. The van der Waals surface area contributed by atoms with Crippen LogP contribution in [0.5, 0.6) is 0 Å². The number of benzene rings is 1. The van der Waals surface area contributed by atoms with Crippen LogP contribution in [0.3, 0.4) is 0 Å². The number of fused-ring (bicyclic) bond motifs is 1. The van der Waals surface area contributed by atoms with Gasteiger partial charge in [0.15, 0.2) is 0 Å². The average molecular weight is 389 g/mol. The second-order valence-corrected chi connectivity index (χ2v) is 8.54. The van der Waals surface area contributed by atoms with Crippen molar-refractivity contribution in [3.63, 3.8) is 0 Å². The van der Waals surface area contributed by atoms with Crippen LogP contribution >= 0.6 is 11.6 Å². The highest BCUT2D eigenvalue weighted by atomic mass is 35.5. The molecule has 0 atom stereocenters. The Morgan fingerprint density at radius 2 is 1.93 bits per heavy atom. The number of aromatic nitrogens is 1. The zero-order chi connectivity index (χ0) is 19.0. The van der Waals surface area contributed by atoms with E-state index < -0.39 is 0 Å². The number of piperidine rings is 1. The molecular formula is C21H29ClN4O. The molecule has 0 unspecified atom stereocenters. The lowest BCUT2D eigenvalue weighted by atomic mass is 9.89. The Bertz CT molecular complexity index is 810. The van der Waals surface area contributed by atoms with Gasteiger partial charge in [0, 0.05) is 54.3 Å². The van der Waals surface area contributed by atoms with Gasteiger partial charge >= 0.3 is 6.03 Å². The van der Waals surface area contributed by atoms with Crippen molar-refractivity contribution < 1.29 is 4.79 Å². The molecule has 0 aliphatic carbocycles. The standard InChI is InChI=1S/C21H29ClN4O/c1-15(2)26-12-11-25(21(26)27)10-9-24-7-5-16(6-8-24)19-14-23-20-13-17(22)3-4-18(19)20/h3-4,13-16,23H,5-12H2,1-2H3. The van der Waals surface area contributed by atoms with Crippen molar-refractivity contribution in [1.82, 2.24) is 19.7 Å². The minimum absolute atomic E-state index is 0.206. The van der Waals surface area contributed by atoms with Gasteiger partial charge in [0.05, 0.1) is 0 Å². The first-order chi connectivity index (χ1) is 13.0. The van der Waals surface area contributed by atoms with Crippen molar-refractivity contribution in [2.45, 2.75) is 38.6 Å². The number of hydrogen-bond donors (Lipinski definition) is 1. The van der Waals surface area contributed by atoms with Crippen LogP contribution in [0.15, 0.2) is 24.4 Å². The molecule has 1 N–H and O–H groups in total. The Balaban J connectivity index is 1.30. The summed E-state index contributed by atoms with van der Waals surface area (Å²) in [5.74, 6) is 0.598. The number of H-pyrrole nitrogens is 1. The van der Waals surface area contributed by atoms with Crippen LogP contribution in [0.25, 0.3) is 10.9 Å². The van der Waals surface area contributed by atoms with Gasteiger partial charge in [0.25, 0.3) is 0 Å². The Morgan fingerprint density at radius 1 is 1.15 bits per heavy atom. The summed E-state index contributed by atoms with van der Waals surface area (Å²) < 4.78 is 0. The van der Waals surface area contributed by atoms with Crippen LogP contribution in [0.4, 0.5) is 4.79 Å². The second-order valence-electron chi connectivity index (χ2n) is 8.11. The first-order valence-electron chi connectivity index (χ1n) is 10.1. The van der Waals surface area contributed by atoms with Crippen LogP contribution in [-0.2, 0) is 0 Å². The summed E-state index contributed by atoms with van der Waals surface area (Å²) in [7, 11) is 0. The molecule has 2 saturated heterocycles. The quantitative estimate of drug-likeness (QED) is 0.836. The van der Waals surface area contributed by atoms with E-state index in [2.05, 4.69) is 36.0 Å². The monoisotopic (exact) mass is 388 g/mol. The van der Waals surface area contributed by atoms with Crippen LogP contribution in [0.2, 0.25) is 5.02 Å². The summed E-state index contributed by atoms with van der Waals surface area (Å²) >= 11 is 6.10. The minimum atomic E-state index is 0.206. The van der Waals surface area contributed by atoms with Crippen molar-refractivity contribution in [1.29, 1.82) is 0 Å². The van der Waals surface area contributed by atoms with Crippen molar-refractivity contribution in [3.05, 3.63) is 35.0 Å². The molecule has 5 nitrogen and oxygen atoms in total. The molecule has 1 aromatic heterocycles. The number of carbonyl (C=O) groups excluding carboxylic acids is 1. The fraction of sp³-hybridized carbons (Fsp3) is 0.571. The van der Waals surface area contributed by atoms with Gasteiger partial charge in [-0.25, -0.2) is 4.79 Å². The van der Waals surface area contributed by atoms with E-state index in [1.165, 1.54) is 23.8 Å². The molecule has 2 aliphatic heterocycles. The number of nitrogens with one attached hydrogen (secondary N) is 1. The topological polar surface area (TPSA) is 42.6 Å². The van der Waals surface area contributed by atoms with Gasteiger partial charge in [-0.15, -0.1) is 0 Å². The molecule has 27 heavy (non-hydrogen) atoms. The van der Waals surface area contributed by atoms with Gasteiger partial charge < -0.3 is 19.7 Å². The third-order valence-electron chi connectivity index (χ3n) is 6.14. The van der Waals surface area contributed by atoms with E-state index >= 15 is 0 Å². The van der Waals surface area contributed by atoms with E-state index in [0.717, 1.165) is 49.8 Å². The molecule has 0 radical (unpaired) electrons. The van der Waals surface area contributed by atoms with E-state index in [4.69, 9.17) is 11.6 Å². The van der Waals surface area contributed by atoms with E-state index in [0.29, 0.717) is 12.0 Å². The second kappa shape index (κ2) is 7.72. The summed E-state index contributed by atoms with van der Waals surface area (Å²) in [5, 5.41) is 2.08. The molecule has 2 aliphatic rings. The number of urea groups is 1. The normalized spacial score (nSPS) is 19.8. The molecule has 0 bridgehead atoms. The van der Waals surface area contributed by atoms with Crippen molar-refractivity contribution in [2.75, 3.05) is 39.3 Å². The molecule has 4 rings (SSSR count). The third kappa shape index (κ3) is 3.81. The number of aromatic amines is 1. The molecule has 2 amide bonds. The molecular weight excluding hydrogens is 360 g/mol. The van der Waals surface area contributed by atoms with Crippen molar-refractivity contribution >= 4 is 28.5 Å². The number of carbonyl (C=O) groups is 1. The van der Waals surface area contributed by atoms with Gasteiger partial charge in [0.2, 0.25) is 0 Å². The minimum Gasteiger partial charge on any atom is -0.361 e. The molecule has 3 heterocycles. The lowest BCUT2D eigenvalue weighted by Crippen LogP contribution is -2.41. The predicted octanol–water partition coefficient (Wildman–Crippen LogP) is 4.15. The zero-order valence-electron chi connectivity index (χ0n) is 16.2. The maximum absolute atomic E-state index is 12.4. The highest BCUT2D eigenvalue weighted by Crippen LogP contribution is 2.34. The van der Waals surface area contributed by atoms with Crippen molar-refractivity contribution in [2.24, 2.45) is 0 Å². The van der Waals surface area contributed by atoms with E-state index in [-0.39, 0.29) is 6.03 Å². The highest BCUT2D eigenvalue weighted by molar-refractivity contribution is 6.31. The molecule has 1 aromatic carbocycles. The predicted molar refractivity (Wildman–Crippen MR) is 111 cm³/mol. The average Bonchev–Trinajstić information content (AvgIpc) is 3.23. The summed E-state index contributed by atoms with van der Waals surface area (Å²) in [6, 6.07) is 6.61. The third-order valence-corrected chi connectivity index (χ3v) is 6.37. The first kappa shape index (κ1) is 18.6. The SMILES string of the molecule is CC(C)N1CCN(CCN2CCC(c3c[nH]c4cc(Cl)ccc34)CC2)C1=O. The number of halogens is 1. The Hall–Kier alpha value is -1.72. The molecule has 0 saturated carbocycles. The van der Waals surface area contributed by atoms with E-state index in [9.17, 15) is 4.79 Å². The lowest BCUT2D eigenvalue weighted by molar-refractivity contribution is 0.166. The summed E-state index contributed by atoms with van der Waals surface area (Å²) in [6.07, 6.45) is 4.49. The van der Waals surface area contributed by atoms with E-state index in [1.54, 1.807) is 0 Å². The number of nitrogens with zero attached hydrogens (tertiary/aromatic N) is 3. The Kier molecular flexibility index (Phi) is 5.33. The Labute approximate surface area is 166 Å². The lowest BCUT2D eigenvalue weighted by Gasteiger charge is -2.33. The van der Waals surface area contributed by atoms with Gasteiger partial charge in [0.1, 0.15) is 0 Å². The first-order valence-corrected chi connectivity index (χ1v) is 10.4. The van der Waals surface area contributed by atoms with Gasteiger partial charge in [-0.1, -0.05) is 17.7 Å². The molecule has 2 aromatic rings. The summed E-state index contributed by atoms with van der Waals surface area (Å²) in [5.41, 5.74) is 2.55. The van der Waals surface area contributed by atoms with E-state index in [1.807, 2.05) is 21.9 Å². The molecule has 6 heteroatoms. The van der Waals surface area contributed by atoms with Crippen molar-refractivity contribution in [3.8, 4) is 0 Å². The van der Waals surface area contributed by atoms with Gasteiger partial charge in [-0.05, 0) is 63.4 Å². The highest BCUT2D eigenvalue weighted by Gasteiger charge is 2.30. The molecule has 2 fully saturated rings. The summed E-state index contributed by atoms with van der Waals surface area (Å²) in [6.45, 7) is 9.93. The number of rotatable bonds is 5. The van der Waals surface area contributed by atoms with Crippen LogP contribution < -0.4 is 0 Å². The van der Waals surface area contributed by atoms with Gasteiger partial charge in [-0.2, -0.15) is 0 Å². The van der Waals surface area contributed by atoms with Crippen LogP contribution in [0.1, 0.15) is 38.2 Å². The molecule has 0 spiro atoms. The van der Waals surface area contributed by atoms with Crippen LogP contribution in [-0.4, -0.2) is 71.0 Å². The van der Waals surface area contributed by atoms with Gasteiger partial charge in [-0.3, -0.25) is 0 Å². The smallest absolute Gasteiger partial charge is 0.320 e. The zero-order valence-corrected chi connectivity index (χ0v) is 17.0.